The van der Waals surface area contributed by atoms with Gasteiger partial charge in [0.1, 0.15) is 12.4 Å². The van der Waals surface area contributed by atoms with Crippen LogP contribution in [-0.2, 0) is 39.4 Å². The lowest BCUT2D eigenvalue weighted by molar-refractivity contribution is -0.118. The maximum atomic E-state index is 12.5. The molecule has 2 N–H and O–H groups in total. The third-order valence-electron chi connectivity index (χ3n) is 6.22. The highest BCUT2D eigenvalue weighted by Crippen LogP contribution is 2.28. The van der Waals surface area contributed by atoms with Crippen molar-refractivity contribution in [3.05, 3.63) is 100.0 Å². The average molecular weight is 577 g/mol. The highest BCUT2D eigenvalue weighted by molar-refractivity contribution is 8.18. The van der Waals surface area contributed by atoms with Crippen LogP contribution in [0.3, 0.4) is 0 Å². The van der Waals surface area contributed by atoms with Gasteiger partial charge in [-0.25, -0.2) is 9.71 Å². The van der Waals surface area contributed by atoms with Gasteiger partial charge in [0.15, 0.2) is 5.17 Å². The summed E-state index contributed by atoms with van der Waals surface area (Å²) in [5, 5.41) is 3.23. The Morgan fingerprint density at radius 2 is 1.62 bits per heavy atom. The predicted octanol–water partition coefficient (Wildman–Crippen LogP) is 4.29. The van der Waals surface area contributed by atoms with Crippen molar-refractivity contribution in [2.24, 2.45) is 4.99 Å². The predicted molar refractivity (Wildman–Crippen MR) is 156 cm³/mol. The normalized spacial score (nSPS) is 18.7. The van der Waals surface area contributed by atoms with Gasteiger partial charge in [0.05, 0.1) is 17.1 Å². The van der Waals surface area contributed by atoms with Crippen LogP contribution in [0.15, 0.2) is 82.7 Å². The van der Waals surface area contributed by atoms with Gasteiger partial charge in [0.2, 0.25) is 5.91 Å². The molecule has 0 unspecified atom stereocenters. The zero-order valence-electron chi connectivity index (χ0n) is 21.8. The van der Waals surface area contributed by atoms with E-state index in [0.29, 0.717) is 27.9 Å². The fourth-order valence-corrected chi connectivity index (χ4v) is 6.10. The van der Waals surface area contributed by atoms with Crippen LogP contribution < -0.4 is 14.8 Å². The Bertz CT molecular complexity index is 1570. The van der Waals surface area contributed by atoms with Gasteiger partial charge < -0.3 is 10.1 Å². The molecule has 9 nitrogen and oxygen atoms in total. The van der Waals surface area contributed by atoms with Crippen molar-refractivity contribution in [1.29, 1.82) is 0 Å². The van der Waals surface area contributed by atoms with Crippen LogP contribution >= 0.6 is 11.8 Å². The summed E-state index contributed by atoms with van der Waals surface area (Å²) in [6, 6.07) is 23.0. The summed E-state index contributed by atoms with van der Waals surface area (Å²) in [5.41, 5.74) is 4.54. The monoisotopic (exact) mass is 576 g/mol. The lowest BCUT2D eigenvalue weighted by Gasteiger charge is -2.12. The van der Waals surface area contributed by atoms with E-state index in [1.54, 1.807) is 24.3 Å². The van der Waals surface area contributed by atoms with E-state index in [4.69, 9.17) is 4.74 Å². The first-order valence-corrected chi connectivity index (χ1v) is 15.0. The number of carbonyl (C=O) groups is 2. The number of hydrogen-bond acceptors (Lipinski definition) is 7. The number of hydrogen-bond donors (Lipinski definition) is 2. The molecule has 0 radical (unpaired) electrons. The molecule has 0 saturated carbocycles. The molecule has 206 valence electrons. The van der Waals surface area contributed by atoms with Crippen LogP contribution in [0.5, 0.6) is 5.75 Å². The second kappa shape index (κ2) is 12.1. The molecule has 3 aromatic rings. The first-order chi connectivity index (χ1) is 19.3. The SMILES string of the molecule is CCCc1ccc(OCc2ccc(/C=C3/SC(=Nc4ccc(CN5CC(=O)NS5(=O)=O)cc4)NC3=O)cc2)cc1. The van der Waals surface area contributed by atoms with E-state index in [0.717, 1.165) is 34.0 Å². The molecule has 0 aromatic heterocycles. The van der Waals surface area contributed by atoms with E-state index in [1.807, 2.05) is 47.2 Å². The van der Waals surface area contributed by atoms with Crippen molar-refractivity contribution in [3.63, 3.8) is 0 Å². The van der Waals surface area contributed by atoms with Crippen molar-refractivity contribution in [1.82, 2.24) is 14.3 Å². The third-order valence-corrected chi connectivity index (χ3v) is 8.56. The van der Waals surface area contributed by atoms with E-state index in [-0.39, 0.29) is 19.0 Å². The molecule has 0 aliphatic carbocycles. The molecule has 3 aromatic carbocycles. The number of aliphatic imine (C=N–C) groups is 1. The zero-order chi connectivity index (χ0) is 28.1. The van der Waals surface area contributed by atoms with E-state index >= 15 is 0 Å². The summed E-state index contributed by atoms with van der Waals surface area (Å²) in [6.07, 6.45) is 3.99. The molecular formula is C29H28N4O5S2. The van der Waals surface area contributed by atoms with Crippen molar-refractivity contribution in [3.8, 4) is 5.75 Å². The first-order valence-electron chi connectivity index (χ1n) is 12.8. The number of amides is 2. The molecule has 2 heterocycles. The van der Waals surface area contributed by atoms with E-state index < -0.39 is 16.1 Å². The fourth-order valence-electron chi connectivity index (χ4n) is 4.17. The number of thioether (sulfide) groups is 1. The van der Waals surface area contributed by atoms with Gasteiger partial charge >= 0.3 is 10.2 Å². The van der Waals surface area contributed by atoms with Crippen LogP contribution in [0.4, 0.5) is 5.69 Å². The van der Waals surface area contributed by atoms with Gasteiger partial charge in [-0.3, -0.25) is 9.59 Å². The number of nitrogens with one attached hydrogen (secondary N) is 2. The number of ether oxygens (including phenoxy) is 1. The summed E-state index contributed by atoms with van der Waals surface area (Å²) in [5.74, 6) is 0.0604. The number of carbonyl (C=O) groups excluding carboxylic acids is 2. The zero-order valence-corrected chi connectivity index (χ0v) is 23.4. The number of rotatable bonds is 9. The molecular weight excluding hydrogens is 548 g/mol. The van der Waals surface area contributed by atoms with Crippen molar-refractivity contribution in [2.75, 3.05) is 6.54 Å². The minimum atomic E-state index is -3.78. The molecule has 11 heteroatoms. The van der Waals surface area contributed by atoms with E-state index in [9.17, 15) is 18.0 Å². The van der Waals surface area contributed by atoms with Gasteiger partial charge in [-0.2, -0.15) is 12.7 Å². The standard InChI is InChI=1S/C29H28N4O5S2/c1-2-3-20-10-14-25(15-11-20)38-19-23-6-4-21(5-7-23)16-26-28(35)31-29(39-26)30-24-12-8-22(9-13-24)17-33-18-27(34)32-40(33,36)37/h4-16H,2-3,17-19H2,1H3,(H,32,34)(H,30,31,35)/b26-16+. The summed E-state index contributed by atoms with van der Waals surface area (Å²) >= 11 is 1.25. The number of nitrogens with zero attached hydrogens (tertiary/aromatic N) is 2. The average Bonchev–Trinajstić information content (AvgIpc) is 3.40. The second-order valence-corrected chi connectivity index (χ2v) is 12.1. The largest absolute Gasteiger partial charge is 0.489 e. The second-order valence-electron chi connectivity index (χ2n) is 9.37. The van der Waals surface area contributed by atoms with E-state index in [2.05, 4.69) is 29.4 Å². The smallest absolute Gasteiger partial charge is 0.304 e. The number of amidine groups is 1. The Labute approximate surface area is 237 Å². The van der Waals surface area contributed by atoms with E-state index in [1.165, 1.54) is 17.3 Å². The van der Waals surface area contributed by atoms with Crippen LogP contribution in [-0.4, -0.2) is 36.2 Å². The van der Waals surface area contributed by atoms with Gasteiger partial charge in [-0.1, -0.05) is 61.9 Å². The maximum absolute atomic E-state index is 12.5. The maximum Gasteiger partial charge on any atom is 0.304 e. The molecule has 2 fully saturated rings. The van der Waals surface area contributed by atoms with Crippen molar-refractivity contribution in [2.45, 2.75) is 32.9 Å². The molecule has 0 bridgehead atoms. The molecule has 2 amide bonds. The van der Waals surface area contributed by atoms with Gasteiger partial charge in [0.25, 0.3) is 5.91 Å². The Kier molecular flexibility index (Phi) is 8.34. The quantitative estimate of drug-likeness (QED) is 0.367. The number of aryl methyl sites for hydroxylation is 1. The fraction of sp³-hybridized carbons (Fsp3) is 0.207. The molecule has 40 heavy (non-hydrogen) atoms. The lowest BCUT2D eigenvalue weighted by Crippen LogP contribution is -2.29. The Morgan fingerprint density at radius 1 is 0.950 bits per heavy atom. The highest BCUT2D eigenvalue weighted by Gasteiger charge is 2.33. The topological polar surface area (TPSA) is 117 Å². The van der Waals surface area contributed by atoms with Crippen LogP contribution in [0.2, 0.25) is 0 Å². The Balaban J connectivity index is 1.16. The summed E-state index contributed by atoms with van der Waals surface area (Å²) in [4.78, 5) is 28.9. The summed E-state index contributed by atoms with van der Waals surface area (Å²) < 4.78 is 32.7. The van der Waals surface area contributed by atoms with Crippen LogP contribution in [0.1, 0.15) is 35.6 Å². The summed E-state index contributed by atoms with van der Waals surface area (Å²) in [6.45, 7) is 2.49. The number of benzene rings is 3. The van der Waals surface area contributed by atoms with Crippen molar-refractivity contribution >= 4 is 50.7 Å². The van der Waals surface area contributed by atoms with Crippen LogP contribution in [0, 0.1) is 0 Å². The minimum Gasteiger partial charge on any atom is -0.489 e. The lowest BCUT2D eigenvalue weighted by atomic mass is 10.1. The molecule has 2 saturated heterocycles. The molecule has 2 aliphatic heterocycles. The molecule has 0 atom stereocenters. The molecule has 0 spiro atoms. The third kappa shape index (κ3) is 6.98. The van der Waals surface area contributed by atoms with Gasteiger partial charge in [0, 0.05) is 6.54 Å². The molecule has 2 aliphatic rings. The van der Waals surface area contributed by atoms with Crippen molar-refractivity contribution < 1.29 is 22.7 Å². The Hall–Kier alpha value is -3.93. The first kappa shape index (κ1) is 27.6. The summed E-state index contributed by atoms with van der Waals surface area (Å²) in [7, 11) is -3.78. The van der Waals surface area contributed by atoms with Gasteiger partial charge in [-0.15, -0.1) is 0 Å². The minimum absolute atomic E-state index is 0.0767. The molecule has 5 rings (SSSR count). The van der Waals surface area contributed by atoms with Crippen LogP contribution in [0.25, 0.3) is 6.08 Å². The Morgan fingerprint density at radius 3 is 2.27 bits per heavy atom. The highest BCUT2D eigenvalue weighted by atomic mass is 32.2. The van der Waals surface area contributed by atoms with Gasteiger partial charge in [-0.05, 0) is 70.8 Å².